The van der Waals surface area contributed by atoms with Crippen LogP contribution in [-0.2, 0) is 20.5 Å². The summed E-state index contributed by atoms with van der Waals surface area (Å²) in [5, 5.41) is 15.3. The summed E-state index contributed by atoms with van der Waals surface area (Å²) in [6.45, 7) is 8.79. The SMILES string of the molecule is CC.Cc1cc(N2CCCc3cc(-c4cnn(C)c4)c(C#N)cc32)c2cc(C)c(=O)n(C)c2c1. The van der Waals surface area contributed by atoms with Crippen molar-refractivity contribution in [2.45, 2.75) is 40.5 Å². The molecule has 0 aliphatic carbocycles. The highest BCUT2D eigenvalue weighted by Gasteiger charge is 2.24. The van der Waals surface area contributed by atoms with Gasteiger partial charge in [0, 0.05) is 54.6 Å². The van der Waals surface area contributed by atoms with Gasteiger partial charge in [0.05, 0.1) is 29.0 Å². The van der Waals surface area contributed by atoms with Gasteiger partial charge in [0.2, 0.25) is 0 Å². The summed E-state index contributed by atoms with van der Waals surface area (Å²) in [5.74, 6) is 0. The molecule has 2 aromatic heterocycles. The standard InChI is InChI=1S/C26H25N5O.C2H6/c1-16-8-24-22(10-17(2)26(32)30(24)4)25(9-16)31-7-5-6-18-11-21(19(13-27)12-23(18)31)20-14-28-29(3)15-20;1-2/h8-12,14-15H,5-7H2,1-4H3;1-2H3. The first kappa shape index (κ1) is 23.3. The fourth-order valence-corrected chi connectivity index (χ4v) is 4.84. The molecule has 34 heavy (non-hydrogen) atoms. The van der Waals surface area contributed by atoms with E-state index in [1.54, 1.807) is 15.4 Å². The van der Waals surface area contributed by atoms with Crippen molar-refractivity contribution in [3.05, 3.63) is 75.3 Å². The lowest BCUT2D eigenvalue weighted by Gasteiger charge is -2.33. The summed E-state index contributed by atoms with van der Waals surface area (Å²) >= 11 is 0. The number of benzene rings is 2. The Kier molecular flexibility index (Phi) is 6.30. The average molecular weight is 454 g/mol. The van der Waals surface area contributed by atoms with Crippen molar-refractivity contribution in [3.63, 3.8) is 0 Å². The predicted molar refractivity (Wildman–Crippen MR) is 139 cm³/mol. The average Bonchev–Trinajstić information content (AvgIpc) is 3.29. The van der Waals surface area contributed by atoms with Gasteiger partial charge < -0.3 is 9.47 Å². The van der Waals surface area contributed by atoms with E-state index >= 15 is 0 Å². The molecule has 0 fully saturated rings. The fraction of sp³-hybridized carbons (Fsp3) is 0.321. The molecule has 0 saturated heterocycles. The van der Waals surface area contributed by atoms with Crippen LogP contribution in [0.5, 0.6) is 0 Å². The van der Waals surface area contributed by atoms with Crippen LogP contribution < -0.4 is 10.5 Å². The zero-order chi connectivity index (χ0) is 24.6. The van der Waals surface area contributed by atoms with Gasteiger partial charge in [0.1, 0.15) is 0 Å². The van der Waals surface area contributed by atoms with Crippen molar-refractivity contribution in [1.82, 2.24) is 14.3 Å². The summed E-state index contributed by atoms with van der Waals surface area (Å²) in [7, 11) is 3.72. The smallest absolute Gasteiger partial charge is 0.253 e. The van der Waals surface area contributed by atoms with E-state index in [-0.39, 0.29) is 5.56 Å². The number of aryl methyl sites for hydroxylation is 5. The number of pyridine rings is 1. The monoisotopic (exact) mass is 453 g/mol. The third kappa shape index (κ3) is 3.88. The maximum atomic E-state index is 12.5. The minimum Gasteiger partial charge on any atom is -0.341 e. The summed E-state index contributed by atoms with van der Waals surface area (Å²) in [6, 6.07) is 12.8. The first-order chi connectivity index (χ1) is 16.4. The van der Waals surface area contributed by atoms with Gasteiger partial charge in [0.25, 0.3) is 5.56 Å². The molecule has 0 amide bonds. The van der Waals surface area contributed by atoms with E-state index in [1.165, 1.54) is 5.56 Å². The molecule has 0 saturated carbocycles. The maximum Gasteiger partial charge on any atom is 0.253 e. The van der Waals surface area contributed by atoms with E-state index in [2.05, 4.69) is 41.2 Å². The Morgan fingerprint density at radius 2 is 1.79 bits per heavy atom. The first-order valence-corrected chi connectivity index (χ1v) is 11.8. The second-order valence-corrected chi connectivity index (χ2v) is 8.70. The molecular formula is C28H31N5O. The van der Waals surface area contributed by atoms with Crippen LogP contribution in [0.4, 0.5) is 11.4 Å². The molecule has 6 heteroatoms. The van der Waals surface area contributed by atoms with E-state index in [4.69, 9.17) is 0 Å². The highest BCUT2D eigenvalue weighted by Crippen LogP contribution is 2.40. The number of nitriles is 1. The van der Waals surface area contributed by atoms with Crippen LogP contribution in [0.15, 0.2) is 47.5 Å². The zero-order valence-electron chi connectivity index (χ0n) is 20.8. The third-order valence-corrected chi connectivity index (χ3v) is 6.41. The van der Waals surface area contributed by atoms with Gasteiger partial charge >= 0.3 is 0 Å². The number of hydrogen-bond acceptors (Lipinski definition) is 4. The molecule has 174 valence electrons. The number of nitrogens with zero attached hydrogens (tertiary/aromatic N) is 5. The Balaban J connectivity index is 0.00000133. The van der Waals surface area contributed by atoms with Crippen molar-refractivity contribution in [2.24, 2.45) is 14.1 Å². The maximum absolute atomic E-state index is 12.5. The van der Waals surface area contributed by atoms with Crippen molar-refractivity contribution in [3.8, 4) is 17.2 Å². The lowest BCUT2D eigenvalue weighted by atomic mass is 9.92. The van der Waals surface area contributed by atoms with Gasteiger partial charge in [0.15, 0.2) is 0 Å². The fourth-order valence-electron chi connectivity index (χ4n) is 4.84. The highest BCUT2D eigenvalue weighted by atomic mass is 16.1. The lowest BCUT2D eigenvalue weighted by molar-refractivity contribution is 0.767. The van der Waals surface area contributed by atoms with Gasteiger partial charge in [-0.1, -0.05) is 13.8 Å². The minimum absolute atomic E-state index is 0.0287. The summed E-state index contributed by atoms with van der Waals surface area (Å²) < 4.78 is 3.49. The van der Waals surface area contributed by atoms with E-state index in [1.807, 2.05) is 53.2 Å². The lowest BCUT2D eigenvalue weighted by Crippen LogP contribution is -2.26. The van der Waals surface area contributed by atoms with Crippen molar-refractivity contribution < 1.29 is 0 Å². The van der Waals surface area contributed by atoms with Crippen LogP contribution in [0, 0.1) is 25.2 Å². The van der Waals surface area contributed by atoms with Crippen LogP contribution in [-0.4, -0.2) is 20.9 Å². The van der Waals surface area contributed by atoms with E-state index in [0.29, 0.717) is 5.56 Å². The van der Waals surface area contributed by atoms with Crippen LogP contribution in [0.2, 0.25) is 0 Å². The van der Waals surface area contributed by atoms with Crippen molar-refractivity contribution in [1.29, 1.82) is 5.26 Å². The van der Waals surface area contributed by atoms with Crippen LogP contribution in [0.25, 0.3) is 22.0 Å². The molecule has 0 unspecified atom stereocenters. The van der Waals surface area contributed by atoms with E-state index < -0.39 is 0 Å². The number of aromatic nitrogens is 3. The van der Waals surface area contributed by atoms with Gasteiger partial charge in [-0.05, 0) is 68.1 Å². The Morgan fingerprint density at radius 1 is 1.03 bits per heavy atom. The molecule has 3 heterocycles. The molecule has 2 aromatic carbocycles. The number of fused-ring (bicyclic) bond motifs is 2. The zero-order valence-corrected chi connectivity index (χ0v) is 20.8. The molecule has 0 atom stereocenters. The van der Waals surface area contributed by atoms with Gasteiger partial charge in [-0.3, -0.25) is 9.48 Å². The Labute approximate surface area is 200 Å². The van der Waals surface area contributed by atoms with Gasteiger partial charge in [-0.25, -0.2) is 0 Å². The van der Waals surface area contributed by atoms with Crippen molar-refractivity contribution >= 4 is 22.3 Å². The molecule has 4 aromatic rings. The number of anilines is 2. The van der Waals surface area contributed by atoms with Crippen LogP contribution in [0.3, 0.4) is 0 Å². The molecule has 0 radical (unpaired) electrons. The third-order valence-electron chi connectivity index (χ3n) is 6.41. The normalized spacial score (nSPS) is 12.7. The second-order valence-electron chi connectivity index (χ2n) is 8.70. The number of hydrogen-bond donors (Lipinski definition) is 0. The molecule has 1 aliphatic heterocycles. The molecule has 0 spiro atoms. The Morgan fingerprint density at radius 3 is 2.47 bits per heavy atom. The van der Waals surface area contributed by atoms with Gasteiger partial charge in [-0.2, -0.15) is 10.4 Å². The van der Waals surface area contributed by atoms with Crippen molar-refractivity contribution in [2.75, 3.05) is 11.4 Å². The quantitative estimate of drug-likeness (QED) is 0.400. The van der Waals surface area contributed by atoms with Crippen LogP contribution in [0.1, 0.15) is 42.5 Å². The largest absolute Gasteiger partial charge is 0.341 e. The summed E-state index contributed by atoms with van der Waals surface area (Å²) in [5.41, 5.74) is 8.68. The molecular weight excluding hydrogens is 422 g/mol. The second kappa shape index (κ2) is 9.18. The molecule has 6 nitrogen and oxygen atoms in total. The van der Waals surface area contributed by atoms with Crippen LogP contribution >= 0.6 is 0 Å². The van der Waals surface area contributed by atoms with E-state index in [9.17, 15) is 10.1 Å². The van der Waals surface area contributed by atoms with E-state index in [0.717, 1.165) is 63.9 Å². The minimum atomic E-state index is 0.0287. The Hall–Kier alpha value is -3.85. The molecule has 5 rings (SSSR count). The predicted octanol–water partition coefficient (Wildman–Crippen LogP) is 5.54. The summed E-state index contributed by atoms with van der Waals surface area (Å²) in [6.07, 6.45) is 5.73. The topological polar surface area (TPSA) is 66.8 Å². The molecule has 1 aliphatic rings. The highest BCUT2D eigenvalue weighted by molar-refractivity contribution is 5.96. The molecule has 0 N–H and O–H groups in total. The van der Waals surface area contributed by atoms with Gasteiger partial charge in [-0.15, -0.1) is 0 Å². The summed E-state index contributed by atoms with van der Waals surface area (Å²) in [4.78, 5) is 14.9. The number of rotatable bonds is 2. The molecule has 0 bridgehead atoms. The first-order valence-electron chi connectivity index (χ1n) is 11.8. The Bertz CT molecular complexity index is 1490.